The van der Waals surface area contributed by atoms with Crippen LogP contribution < -0.4 is 46.4 Å². The Balaban J connectivity index is 1.19. The third kappa shape index (κ3) is 9.83. The summed E-state index contributed by atoms with van der Waals surface area (Å²) in [5.74, 6) is 1.72. The zero-order valence-corrected chi connectivity index (χ0v) is 46.8. The summed E-state index contributed by atoms with van der Waals surface area (Å²) in [6.07, 6.45) is 0. The van der Waals surface area contributed by atoms with Crippen molar-refractivity contribution in [2.45, 2.75) is 52.4 Å². The van der Waals surface area contributed by atoms with Gasteiger partial charge in [0.25, 0.3) is 0 Å². The second-order valence-electron chi connectivity index (χ2n) is 22.1. The third-order valence-corrected chi connectivity index (χ3v) is 24.7. The fourth-order valence-electron chi connectivity index (χ4n) is 11.2. The minimum atomic E-state index is -2.93. The normalized spacial score (nSPS) is 12.0. The Labute approximate surface area is 457 Å². The van der Waals surface area contributed by atoms with Crippen LogP contribution in [0.15, 0.2) is 279 Å². The first-order chi connectivity index (χ1) is 37.4. The molecule has 77 heavy (non-hydrogen) atoms. The summed E-state index contributed by atoms with van der Waals surface area (Å²) >= 11 is 0. The number of nitrogens with zero attached hydrogens (tertiary/aromatic N) is 4. The molecule has 0 fully saturated rings. The Morgan fingerprint density at radius 1 is 0.273 bits per heavy atom. The first-order valence-corrected chi connectivity index (χ1v) is 30.8. The van der Waals surface area contributed by atoms with Crippen LogP contribution >= 0.6 is 0 Å². The van der Waals surface area contributed by atoms with Gasteiger partial charge in [0.05, 0.1) is 0 Å². The summed E-state index contributed by atoms with van der Waals surface area (Å²) < 4.78 is 0. The monoisotopic (exact) mass is 1030 g/mol. The zero-order chi connectivity index (χ0) is 53.0. The number of anilines is 3. The highest BCUT2D eigenvalue weighted by atomic mass is 28.3. The second-order valence-corrected chi connectivity index (χ2v) is 29.7. The van der Waals surface area contributed by atoms with Gasteiger partial charge in [0.1, 0.15) is 0 Å². The molecular formula is C71H64N4Si2. The Hall–Kier alpha value is -8.56. The van der Waals surface area contributed by atoms with E-state index >= 15 is 0 Å². The molecule has 0 bridgehead atoms. The average molecular weight is 1030 g/mol. The molecule has 0 aliphatic heterocycles. The van der Waals surface area contributed by atoms with E-state index in [2.05, 4.69) is 325 Å². The van der Waals surface area contributed by atoms with E-state index in [9.17, 15) is 0 Å². The van der Waals surface area contributed by atoms with Gasteiger partial charge in [-0.15, -0.1) is 0 Å². The molecule has 0 aliphatic rings. The predicted octanol–water partition coefficient (Wildman–Crippen LogP) is 12.0. The SMILES string of the molecule is CC(C)(C)c1ccc(N(c2ccc(C(C)(C)C)cc2)c2nc(-c3cccc([Si](c4ccccc4)(c4ccccc4)c4ccccc4)c3)nc(-c3cccc([Si](c4ccccc4)(c4ccccc4)c4ccccc4)c3)n2)cc1. The molecule has 0 unspecified atom stereocenters. The van der Waals surface area contributed by atoms with E-state index in [-0.39, 0.29) is 10.8 Å². The van der Waals surface area contributed by atoms with Crippen molar-refractivity contribution >= 4 is 75.0 Å². The van der Waals surface area contributed by atoms with E-state index in [1.165, 1.54) is 52.6 Å². The maximum Gasteiger partial charge on any atom is 0.238 e. The van der Waals surface area contributed by atoms with Crippen molar-refractivity contribution in [3.63, 3.8) is 0 Å². The van der Waals surface area contributed by atoms with Gasteiger partial charge in [-0.05, 0) is 87.7 Å². The molecule has 0 radical (unpaired) electrons. The van der Waals surface area contributed by atoms with Gasteiger partial charge in [-0.3, -0.25) is 4.90 Å². The first-order valence-electron chi connectivity index (χ1n) is 26.8. The van der Waals surface area contributed by atoms with Crippen LogP contribution in [0, 0.1) is 0 Å². The Kier molecular flexibility index (Phi) is 13.9. The molecule has 10 aromatic carbocycles. The number of rotatable bonds is 13. The van der Waals surface area contributed by atoms with Crippen molar-refractivity contribution in [1.29, 1.82) is 0 Å². The standard InChI is InChI=1S/C71H64N4Si2/c1-70(2,3)55-43-47-57(48-44-55)75(58-49-45-56(46-50-58)71(4,5)6)69-73-67(53-27-25-41-65(51-53)76(59-29-13-7-14-30-59,60-31-15-8-16-32-60)61-33-17-9-18-34-61)72-68(74-69)54-28-26-42-66(52-54)77(62-35-19-10-20-36-62,63-37-21-11-22-38-63)64-39-23-12-24-40-64/h7-52H,1-6H3. The van der Waals surface area contributed by atoms with Crippen LogP contribution in [0.1, 0.15) is 52.7 Å². The molecule has 11 rings (SSSR count). The Morgan fingerprint density at radius 3 is 0.792 bits per heavy atom. The van der Waals surface area contributed by atoms with Gasteiger partial charge < -0.3 is 0 Å². The molecule has 4 nitrogen and oxygen atoms in total. The zero-order valence-electron chi connectivity index (χ0n) is 44.8. The van der Waals surface area contributed by atoms with Gasteiger partial charge >= 0.3 is 0 Å². The lowest BCUT2D eigenvalue weighted by Gasteiger charge is -2.34. The predicted molar refractivity (Wildman–Crippen MR) is 330 cm³/mol. The van der Waals surface area contributed by atoms with Crippen molar-refractivity contribution in [2.24, 2.45) is 0 Å². The molecule has 1 heterocycles. The van der Waals surface area contributed by atoms with Crippen LogP contribution in [0.2, 0.25) is 0 Å². The summed E-state index contributed by atoms with van der Waals surface area (Å²) in [4.78, 5) is 19.0. The van der Waals surface area contributed by atoms with Crippen LogP contribution in [-0.4, -0.2) is 31.1 Å². The van der Waals surface area contributed by atoms with E-state index in [4.69, 9.17) is 15.0 Å². The van der Waals surface area contributed by atoms with Crippen molar-refractivity contribution in [2.75, 3.05) is 4.90 Å². The van der Waals surface area contributed by atoms with Crippen molar-refractivity contribution in [1.82, 2.24) is 15.0 Å². The van der Waals surface area contributed by atoms with E-state index < -0.39 is 16.1 Å². The summed E-state index contributed by atoms with van der Waals surface area (Å²) in [7, 11) is -5.85. The highest BCUT2D eigenvalue weighted by Crippen LogP contribution is 2.37. The highest BCUT2D eigenvalue weighted by Gasteiger charge is 2.43. The third-order valence-electron chi connectivity index (χ3n) is 15.2. The van der Waals surface area contributed by atoms with E-state index in [1.54, 1.807) is 0 Å². The fraction of sp³-hybridized carbons (Fsp3) is 0.113. The van der Waals surface area contributed by atoms with Gasteiger partial charge in [0.2, 0.25) is 5.95 Å². The number of hydrogen-bond donors (Lipinski definition) is 0. The lowest BCUT2D eigenvalue weighted by Crippen LogP contribution is -2.74. The Morgan fingerprint density at radius 2 is 0.532 bits per heavy atom. The van der Waals surface area contributed by atoms with Crippen LogP contribution in [0.5, 0.6) is 0 Å². The van der Waals surface area contributed by atoms with Gasteiger partial charge in [-0.2, -0.15) is 9.97 Å². The van der Waals surface area contributed by atoms with Gasteiger partial charge in [0.15, 0.2) is 27.8 Å². The van der Waals surface area contributed by atoms with Crippen LogP contribution in [0.3, 0.4) is 0 Å². The smallest absolute Gasteiger partial charge is 0.238 e. The fourth-order valence-corrected chi connectivity index (χ4v) is 20.8. The lowest BCUT2D eigenvalue weighted by molar-refractivity contribution is 0.590. The minimum Gasteiger partial charge on any atom is -0.279 e. The summed E-state index contributed by atoms with van der Waals surface area (Å²) in [6, 6.07) is 102. The molecular weight excluding hydrogens is 965 g/mol. The van der Waals surface area contributed by atoms with E-state index in [0.29, 0.717) is 17.6 Å². The molecule has 6 heteroatoms. The Bertz CT molecular complexity index is 3290. The molecule has 0 saturated heterocycles. The molecule has 1 aromatic heterocycles. The number of benzene rings is 10. The topological polar surface area (TPSA) is 41.9 Å². The average Bonchev–Trinajstić information content (AvgIpc) is 3.61. The molecule has 376 valence electrons. The summed E-state index contributed by atoms with van der Waals surface area (Å²) in [5.41, 5.74) is 6.18. The molecule has 0 aliphatic carbocycles. The van der Waals surface area contributed by atoms with Crippen LogP contribution in [-0.2, 0) is 10.8 Å². The van der Waals surface area contributed by atoms with Gasteiger partial charge in [-0.25, -0.2) is 4.98 Å². The van der Waals surface area contributed by atoms with Crippen molar-refractivity contribution in [3.05, 3.63) is 290 Å². The van der Waals surface area contributed by atoms with E-state index in [0.717, 1.165) is 22.5 Å². The van der Waals surface area contributed by atoms with Gasteiger partial charge in [-0.1, -0.05) is 296 Å². The van der Waals surface area contributed by atoms with Crippen LogP contribution in [0.4, 0.5) is 17.3 Å². The van der Waals surface area contributed by atoms with E-state index in [1.807, 2.05) is 0 Å². The first kappa shape index (κ1) is 50.6. The molecule has 0 spiro atoms. The molecule has 0 amide bonds. The maximum absolute atomic E-state index is 5.61. The van der Waals surface area contributed by atoms with Crippen molar-refractivity contribution < 1.29 is 0 Å². The summed E-state index contributed by atoms with van der Waals surface area (Å²) in [6.45, 7) is 13.5. The van der Waals surface area contributed by atoms with Gasteiger partial charge in [0, 0.05) is 22.5 Å². The highest BCUT2D eigenvalue weighted by molar-refractivity contribution is 7.20. The van der Waals surface area contributed by atoms with Crippen LogP contribution in [0.25, 0.3) is 22.8 Å². The largest absolute Gasteiger partial charge is 0.279 e. The number of aromatic nitrogens is 3. The van der Waals surface area contributed by atoms with Crippen molar-refractivity contribution in [3.8, 4) is 22.8 Å². The second kappa shape index (κ2) is 21.2. The number of hydrogen-bond acceptors (Lipinski definition) is 4. The minimum absolute atomic E-state index is 0.0309. The summed E-state index contributed by atoms with van der Waals surface area (Å²) in [5, 5.41) is 10.3. The molecule has 0 N–H and O–H groups in total. The molecule has 0 atom stereocenters. The molecule has 0 saturated carbocycles. The maximum atomic E-state index is 5.61. The lowest BCUT2D eigenvalue weighted by atomic mass is 9.87. The quantitative estimate of drug-likeness (QED) is 0.0852. The molecule has 11 aromatic rings.